The highest BCUT2D eigenvalue weighted by Crippen LogP contribution is 2.17. The molecule has 0 radical (unpaired) electrons. The van der Waals surface area contributed by atoms with E-state index in [-0.39, 0.29) is 64.7 Å². The van der Waals surface area contributed by atoms with E-state index in [0.717, 1.165) is 0 Å². The first-order valence-corrected chi connectivity index (χ1v) is 18.6. The van der Waals surface area contributed by atoms with Crippen molar-refractivity contribution < 1.29 is 57.2 Å². The molecule has 0 spiro atoms. The predicted molar refractivity (Wildman–Crippen MR) is 206 cm³/mol. The first kappa shape index (κ1) is 51.4. The maximum Gasteiger partial charge on any atom is 0.324 e. The van der Waals surface area contributed by atoms with E-state index in [0.29, 0.717) is 0 Å². The Balaban J connectivity index is 6.93. The number of hydrogen-bond acceptors (Lipinski definition) is 15. The molecule has 1 amide bonds. The summed E-state index contributed by atoms with van der Waals surface area (Å²) in [5.74, 6) is -3.99. The molecule has 55 heavy (non-hydrogen) atoms. The molecule has 0 rings (SSSR count). The summed E-state index contributed by atoms with van der Waals surface area (Å²) in [6.07, 6.45) is -0.423. The number of Topliss-reactive ketones (excluding diaryl/α,β-unsaturated/α-hetero) is 1. The van der Waals surface area contributed by atoms with E-state index >= 15 is 0 Å². The Hall–Kier alpha value is -3.63. The van der Waals surface area contributed by atoms with Gasteiger partial charge in [0.15, 0.2) is 5.78 Å². The van der Waals surface area contributed by atoms with Crippen molar-refractivity contribution in [1.29, 1.82) is 0 Å². The molecule has 0 bridgehead atoms. The molecule has 1 atom stereocenters. The van der Waals surface area contributed by atoms with Crippen LogP contribution < -0.4 is 5.32 Å². The molecule has 16 nitrogen and oxygen atoms in total. The Morgan fingerprint density at radius 3 is 1.16 bits per heavy atom. The van der Waals surface area contributed by atoms with Crippen LogP contribution >= 0.6 is 0 Å². The van der Waals surface area contributed by atoms with Crippen molar-refractivity contribution in [1.82, 2.24) is 20.0 Å². The minimum Gasteiger partial charge on any atom is -0.468 e. The number of amides is 1. The SMILES string of the molecule is COC(=O)CN(CCN(CCN(CC(=O)OC(C)(C)C)CC(=O)OC(C)(C)C)[C@H](CC(=O)NCC(=O)C(C)(C)C)C(=O)OC(C)(C)C)CC(=O)OC(C)(C)C. The first-order valence-electron chi connectivity index (χ1n) is 18.6. The van der Waals surface area contributed by atoms with Crippen molar-refractivity contribution in [2.75, 3.05) is 66.0 Å². The summed E-state index contributed by atoms with van der Waals surface area (Å²) in [5, 5.41) is 2.61. The topological polar surface area (TPSA) is 187 Å². The highest BCUT2D eigenvalue weighted by molar-refractivity contribution is 5.91. The Labute approximate surface area is 328 Å². The smallest absolute Gasteiger partial charge is 0.324 e. The van der Waals surface area contributed by atoms with Gasteiger partial charge in [0.25, 0.3) is 0 Å². The number of ether oxygens (including phenoxy) is 5. The lowest BCUT2D eigenvalue weighted by molar-refractivity contribution is -0.165. The second kappa shape index (κ2) is 21.6. The van der Waals surface area contributed by atoms with Crippen LogP contribution in [0.4, 0.5) is 0 Å². The van der Waals surface area contributed by atoms with Gasteiger partial charge in [0.05, 0.1) is 46.3 Å². The van der Waals surface area contributed by atoms with E-state index in [1.165, 1.54) is 16.9 Å². The number of esters is 5. The minimum atomic E-state index is -1.24. The number of carbonyl (C=O) groups excluding carboxylic acids is 7. The van der Waals surface area contributed by atoms with Crippen LogP contribution in [0.3, 0.4) is 0 Å². The average molecular weight is 787 g/mol. The lowest BCUT2D eigenvalue weighted by Gasteiger charge is -2.35. The van der Waals surface area contributed by atoms with Gasteiger partial charge in [-0.25, -0.2) is 0 Å². The Kier molecular flexibility index (Phi) is 20.2. The first-order chi connectivity index (χ1) is 24.7. The summed E-state index contributed by atoms with van der Waals surface area (Å²) in [7, 11) is 1.21. The number of hydrogen-bond donors (Lipinski definition) is 1. The number of ketones is 1. The van der Waals surface area contributed by atoms with Gasteiger partial charge in [0.1, 0.15) is 28.4 Å². The van der Waals surface area contributed by atoms with Gasteiger partial charge >= 0.3 is 29.8 Å². The van der Waals surface area contributed by atoms with Crippen LogP contribution in [0.5, 0.6) is 0 Å². The molecule has 0 aromatic carbocycles. The van der Waals surface area contributed by atoms with Crippen LogP contribution in [0, 0.1) is 5.41 Å². The van der Waals surface area contributed by atoms with E-state index in [9.17, 15) is 33.6 Å². The van der Waals surface area contributed by atoms with E-state index in [1.54, 1.807) is 109 Å². The standard InChI is InChI=1S/C39H70N4O12/c1-35(2,3)28(44)22-40-29(45)21-27(34(50)55-39(13,14)15)43(19-17-41(23-30(46)51-16)24-31(47)52-36(4,5)6)20-18-42(25-32(48)53-37(7,8)9)26-33(49)54-38(10,11)12/h27H,17-26H2,1-16H3,(H,40,45)/t27-/m1/s1. The van der Waals surface area contributed by atoms with Crippen molar-refractivity contribution in [2.45, 2.75) is 139 Å². The molecule has 0 heterocycles. The highest BCUT2D eigenvalue weighted by Gasteiger charge is 2.35. The van der Waals surface area contributed by atoms with Gasteiger partial charge in [0.2, 0.25) is 5.91 Å². The molecule has 0 aromatic rings. The van der Waals surface area contributed by atoms with Crippen LogP contribution in [-0.2, 0) is 57.2 Å². The molecular weight excluding hydrogens is 716 g/mol. The highest BCUT2D eigenvalue weighted by atomic mass is 16.6. The summed E-state index contributed by atoms with van der Waals surface area (Å²) >= 11 is 0. The summed E-state index contributed by atoms with van der Waals surface area (Å²) in [6.45, 7) is 24.2. The van der Waals surface area contributed by atoms with Crippen molar-refractivity contribution in [2.24, 2.45) is 5.41 Å². The van der Waals surface area contributed by atoms with E-state index in [2.05, 4.69) is 5.32 Å². The molecule has 1 N–H and O–H groups in total. The van der Waals surface area contributed by atoms with Crippen LogP contribution in [-0.4, -0.2) is 151 Å². The molecule has 0 aliphatic heterocycles. The van der Waals surface area contributed by atoms with E-state index < -0.39 is 76.0 Å². The van der Waals surface area contributed by atoms with Crippen molar-refractivity contribution >= 4 is 41.5 Å². The Morgan fingerprint density at radius 2 is 0.855 bits per heavy atom. The molecular formula is C39H70N4O12. The van der Waals surface area contributed by atoms with E-state index in [1.807, 2.05) is 0 Å². The van der Waals surface area contributed by atoms with Gasteiger partial charge in [0, 0.05) is 31.6 Å². The maximum atomic E-state index is 13.9. The molecule has 0 aliphatic rings. The van der Waals surface area contributed by atoms with Crippen LogP contribution in [0.25, 0.3) is 0 Å². The van der Waals surface area contributed by atoms with Gasteiger partial charge < -0.3 is 29.0 Å². The third-order valence-electron chi connectivity index (χ3n) is 7.09. The zero-order valence-electron chi connectivity index (χ0n) is 36.4. The lowest BCUT2D eigenvalue weighted by Crippen LogP contribution is -2.53. The number of nitrogens with one attached hydrogen (secondary N) is 1. The van der Waals surface area contributed by atoms with Crippen molar-refractivity contribution in [3.05, 3.63) is 0 Å². The fourth-order valence-corrected chi connectivity index (χ4v) is 4.73. The molecule has 16 heteroatoms. The normalized spacial score (nSPS) is 13.3. The summed E-state index contributed by atoms with van der Waals surface area (Å²) in [4.78, 5) is 95.8. The van der Waals surface area contributed by atoms with Gasteiger partial charge in [-0.1, -0.05) is 20.8 Å². The van der Waals surface area contributed by atoms with Crippen molar-refractivity contribution in [3.8, 4) is 0 Å². The molecule has 0 aromatic heterocycles. The number of carbonyl (C=O) groups is 7. The predicted octanol–water partition coefficient (Wildman–Crippen LogP) is 2.92. The third kappa shape index (κ3) is 26.0. The molecule has 0 aliphatic carbocycles. The van der Waals surface area contributed by atoms with Gasteiger partial charge in [-0.3, -0.25) is 48.3 Å². The fraction of sp³-hybridized carbons (Fsp3) is 0.821. The number of rotatable bonds is 20. The number of methoxy groups -OCH3 is 1. The van der Waals surface area contributed by atoms with Crippen LogP contribution in [0.2, 0.25) is 0 Å². The zero-order chi connectivity index (χ0) is 43.2. The second-order valence-corrected chi connectivity index (χ2v) is 18.5. The molecule has 0 saturated heterocycles. The van der Waals surface area contributed by atoms with Gasteiger partial charge in [-0.2, -0.15) is 0 Å². The minimum absolute atomic E-state index is 0.00494. The summed E-state index contributed by atoms with van der Waals surface area (Å²) < 4.78 is 27.2. The van der Waals surface area contributed by atoms with E-state index in [4.69, 9.17) is 23.7 Å². The molecule has 0 unspecified atom stereocenters. The van der Waals surface area contributed by atoms with Gasteiger partial charge in [-0.15, -0.1) is 0 Å². The largest absolute Gasteiger partial charge is 0.468 e. The van der Waals surface area contributed by atoms with Crippen LogP contribution in [0.15, 0.2) is 0 Å². The quantitative estimate of drug-likeness (QED) is 0.140. The molecule has 0 fully saturated rings. The van der Waals surface area contributed by atoms with Gasteiger partial charge in [-0.05, 0) is 83.1 Å². The van der Waals surface area contributed by atoms with Crippen LogP contribution in [0.1, 0.15) is 110 Å². The summed E-state index contributed by atoms with van der Waals surface area (Å²) in [5.41, 5.74) is -4.07. The molecule has 318 valence electrons. The lowest BCUT2D eigenvalue weighted by atomic mass is 9.91. The average Bonchev–Trinajstić information content (AvgIpc) is 2.94. The fourth-order valence-electron chi connectivity index (χ4n) is 4.73. The summed E-state index contributed by atoms with van der Waals surface area (Å²) in [6, 6.07) is -1.24. The second-order valence-electron chi connectivity index (χ2n) is 18.5. The zero-order valence-corrected chi connectivity index (χ0v) is 36.4. The Morgan fingerprint density at radius 1 is 0.509 bits per heavy atom. The molecule has 0 saturated carbocycles. The van der Waals surface area contributed by atoms with Crippen molar-refractivity contribution in [3.63, 3.8) is 0 Å². The maximum absolute atomic E-state index is 13.9. The Bertz CT molecular complexity index is 1280. The third-order valence-corrected chi connectivity index (χ3v) is 7.09. The monoisotopic (exact) mass is 786 g/mol. The number of nitrogens with zero attached hydrogens (tertiary/aromatic N) is 3.